The molecular formula is C12H20N2O3. The minimum atomic E-state index is -0.378. The lowest BCUT2D eigenvalue weighted by atomic mass is 10.0. The average molecular weight is 240 g/mol. The largest absolute Gasteiger partial charge is 0.466 e. The van der Waals surface area contributed by atoms with Gasteiger partial charge in [-0.3, -0.25) is 4.90 Å². The molecule has 0 aromatic carbocycles. The number of hydrogen-bond donors (Lipinski definition) is 1. The summed E-state index contributed by atoms with van der Waals surface area (Å²) in [5, 5.41) is 2.76. The second kappa shape index (κ2) is 5.70. The molecule has 0 bridgehead atoms. The van der Waals surface area contributed by atoms with E-state index in [2.05, 4.69) is 12.2 Å². The molecule has 0 aromatic rings. The number of hydrogen-bond acceptors (Lipinski definition) is 3. The number of urea groups is 1. The maximum Gasteiger partial charge on any atom is 0.337 e. The highest BCUT2D eigenvalue weighted by Gasteiger charge is 2.32. The van der Waals surface area contributed by atoms with Crippen LogP contribution in [0.2, 0.25) is 0 Å². The normalized spacial score (nSPS) is 20.4. The molecule has 1 aliphatic heterocycles. The van der Waals surface area contributed by atoms with E-state index in [-0.39, 0.29) is 18.0 Å². The number of methoxy groups -OCH3 is 1. The van der Waals surface area contributed by atoms with Crippen molar-refractivity contribution in [3.05, 3.63) is 11.3 Å². The number of esters is 1. The zero-order valence-electron chi connectivity index (χ0n) is 10.9. The minimum Gasteiger partial charge on any atom is -0.466 e. The molecule has 96 valence electrons. The molecule has 5 heteroatoms. The van der Waals surface area contributed by atoms with Crippen LogP contribution in [0.1, 0.15) is 33.6 Å². The first-order valence-corrected chi connectivity index (χ1v) is 5.90. The van der Waals surface area contributed by atoms with Crippen LogP contribution in [0.5, 0.6) is 0 Å². The smallest absolute Gasteiger partial charge is 0.337 e. The lowest BCUT2D eigenvalue weighted by molar-refractivity contribution is -0.136. The molecule has 0 spiro atoms. The van der Waals surface area contributed by atoms with Crippen molar-refractivity contribution >= 4 is 12.0 Å². The molecule has 1 unspecified atom stereocenters. The van der Waals surface area contributed by atoms with Gasteiger partial charge < -0.3 is 10.1 Å². The Hall–Kier alpha value is -1.52. The van der Waals surface area contributed by atoms with Gasteiger partial charge in [-0.1, -0.05) is 13.3 Å². The Labute approximate surface area is 102 Å². The van der Waals surface area contributed by atoms with Gasteiger partial charge in [0.1, 0.15) is 0 Å². The monoisotopic (exact) mass is 240 g/mol. The van der Waals surface area contributed by atoms with Crippen molar-refractivity contribution in [3.8, 4) is 0 Å². The molecule has 0 saturated carbocycles. The van der Waals surface area contributed by atoms with E-state index in [1.165, 1.54) is 7.11 Å². The fourth-order valence-corrected chi connectivity index (χ4v) is 1.97. The van der Waals surface area contributed by atoms with Crippen LogP contribution in [0.4, 0.5) is 4.79 Å². The lowest BCUT2D eigenvalue weighted by Gasteiger charge is -2.33. The van der Waals surface area contributed by atoms with Crippen LogP contribution in [0, 0.1) is 0 Å². The maximum absolute atomic E-state index is 11.8. The molecule has 1 heterocycles. The highest BCUT2D eigenvalue weighted by Crippen LogP contribution is 2.21. The summed E-state index contributed by atoms with van der Waals surface area (Å²) in [7, 11) is 1.35. The number of rotatable bonds is 4. The summed E-state index contributed by atoms with van der Waals surface area (Å²) in [5.41, 5.74) is 1.23. The molecular weight excluding hydrogens is 220 g/mol. The van der Waals surface area contributed by atoms with Gasteiger partial charge in [0, 0.05) is 12.2 Å². The zero-order valence-corrected chi connectivity index (χ0v) is 10.9. The molecule has 1 rings (SSSR count). The Balaban J connectivity index is 3.01. The number of amides is 2. The van der Waals surface area contributed by atoms with Gasteiger partial charge in [0.25, 0.3) is 0 Å². The van der Waals surface area contributed by atoms with Crippen LogP contribution in [-0.4, -0.2) is 36.6 Å². The number of carbonyl (C=O) groups excluding carboxylic acids is 2. The molecule has 17 heavy (non-hydrogen) atoms. The standard InChI is InChI=1S/C12H20N2O3/c1-5-6-7-14-9(3)10(11(15)17-4)8(2)13-12(14)16/h8H,5-7H2,1-4H3,(H,13,16). The van der Waals surface area contributed by atoms with E-state index in [1.54, 1.807) is 18.7 Å². The van der Waals surface area contributed by atoms with E-state index >= 15 is 0 Å². The summed E-state index contributed by atoms with van der Waals surface area (Å²) in [6.45, 7) is 6.26. The Morgan fingerprint density at radius 3 is 2.71 bits per heavy atom. The van der Waals surface area contributed by atoms with Crippen LogP contribution in [0.15, 0.2) is 11.3 Å². The first kappa shape index (κ1) is 13.5. The third kappa shape index (κ3) is 2.78. The van der Waals surface area contributed by atoms with Crippen molar-refractivity contribution in [2.75, 3.05) is 13.7 Å². The third-order valence-electron chi connectivity index (χ3n) is 2.95. The summed E-state index contributed by atoms with van der Waals surface area (Å²) >= 11 is 0. The van der Waals surface area contributed by atoms with E-state index in [1.807, 2.05) is 0 Å². The lowest BCUT2D eigenvalue weighted by Crippen LogP contribution is -2.51. The average Bonchev–Trinajstić information content (AvgIpc) is 2.28. The predicted octanol–water partition coefficient (Wildman–Crippen LogP) is 1.65. The molecule has 0 saturated heterocycles. The summed E-state index contributed by atoms with van der Waals surface area (Å²) in [6.07, 6.45) is 1.91. The summed E-state index contributed by atoms with van der Waals surface area (Å²) in [6, 6.07) is -0.441. The van der Waals surface area contributed by atoms with Crippen molar-refractivity contribution in [1.29, 1.82) is 0 Å². The third-order valence-corrected chi connectivity index (χ3v) is 2.95. The van der Waals surface area contributed by atoms with Gasteiger partial charge in [-0.15, -0.1) is 0 Å². The second-order valence-electron chi connectivity index (χ2n) is 4.17. The Morgan fingerprint density at radius 2 is 2.18 bits per heavy atom. The Morgan fingerprint density at radius 1 is 1.53 bits per heavy atom. The van der Waals surface area contributed by atoms with E-state index in [9.17, 15) is 9.59 Å². The quantitative estimate of drug-likeness (QED) is 0.760. The van der Waals surface area contributed by atoms with Gasteiger partial charge in [0.05, 0.1) is 18.7 Å². The van der Waals surface area contributed by atoms with Crippen molar-refractivity contribution in [1.82, 2.24) is 10.2 Å². The number of ether oxygens (including phenoxy) is 1. The summed E-state index contributed by atoms with van der Waals surface area (Å²) in [4.78, 5) is 25.1. The van der Waals surface area contributed by atoms with Crippen molar-refractivity contribution in [2.45, 2.75) is 39.7 Å². The van der Waals surface area contributed by atoms with Gasteiger partial charge in [-0.05, 0) is 20.3 Å². The Kier molecular flexibility index (Phi) is 4.54. The Bertz CT molecular complexity index is 350. The van der Waals surface area contributed by atoms with Crippen LogP contribution < -0.4 is 5.32 Å². The zero-order chi connectivity index (χ0) is 13.0. The van der Waals surface area contributed by atoms with E-state index < -0.39 is 0 Å². The summed E-state index contributed by atoms with van der Waals surface area (Å²) < 4.78 is 4.74. The molecule has 1 aliphatic rings. The van der Waals surface area contributed by atoms with Gasteiger partial charge >= 0.3 is 12.0 Å². The van der Waals surface area contributed by atoms with Gasteiger partial charge in [0.2, 0.25) is 0 Å². The minimum absolute atomic E-state index is 0.142. The molecule has 0 aliphatic carbocycles. The molecule has 2 amide bonds. The molecule has 1 atom stereocenters. The van der Waals surface area contributed by atoms with Crippen LogP contribution in [0.3, 0.4) is 0 Å². The molecule has 5 nitrogen and oxygen atoms in total. The molecule has 1 N–H and O–H groups in total. The van der Waals surface area contributed by atoms with Crippen molar-refractivity contribution < 1.29 is 14.3 Å². The predicted molar refractivity (Wildman–Crippen MR) is 64.3 cm³/mol. The fraction of sp³-hybridized carbons (Fsp3) is 0.667. The number of allylic oxidation sites excluding steroid dienone is 1. The first-order valence-electron chi connectivity index (χ1n) is 5.90. The van der Waals surface area contributed by atoms with E-state index in [4.69, 9.17) is 4.74 Å². The topological polar surface area (TPSA) is 58.6 Å². The molecule has 0 aromatic heterocycles. The number of carbonyl (C=O) groups is 2. The second-order valence-corrected chi connectivity index (χ2v) is 4.17. The van der Waals surface area contributed by atoms with Gasteiger partial charge in [0.15, 0.2) is 0 Å². The van der Waals surface area contributed by atoms with Crippen LogP contribution >= 0.6 is 0 Å². The molecule has 0 radical (unpaired) electrons. The van der Waals surface area contributed by atoms with Gasteiger partial charge in [-0.25, -0.2) is 9.59 Å². The molecule has 0 fully saturated rings. The van der Waals surface area contributed by atoms with Gasteiger partial charge in [-0.2, -0.15) is 0 Å². The number of nitrogens with one attached hydrogen (secondary N) is 1. The van der Waals surface area contributed by atoms with Crippen LogP contribution in [-0.2, 0) is 9.53 Å². The highest BCUT2D eigenvalue weighted by molar-refractivity contribution is 5.94. The SMILES string of the molecule is CCCCN1C(=O)NC(C)C(C(=O)OC)=C1C. The van der Waals surface area contributed by atoms with Crippen LogP contribution in [0.25, 0.3) is 0 Å². The van der Waals surface area contributed by atoms with Crippen molar-refractivity contribution in [2.24, 2.45) is 0 Å². The number of unbranched alkanes of at least 4 members (excludes halogenated alkanes) is 1. The summed E-state index contributed by atoms with van der Waals surface area (Å²) in [5.74, 6) is -0.378. The fourth-order valence-electron chi connectivity index (χ4n) is 1.97. The first-order chi connectivity index (χ1) is 8.02. The van der Waals surface area contributed by atoms with E-state index in [0.29, 0.717) is 17.8 Å². The highest BCUT2D eigenvalue weighted by atomic mass is 16.5. The van der Waals surface area contributed by atoms with E-state index in [0.717, 1.165) is 12.8 Å². The van der Waals surface area contributed by atoms with Crippen molar-refractivity contribution in [3.63, 3.8) is 0 Å². The number of nitrogens with zero attached hydrogens (tertiary/aromatic N) is 1. The maximum atomic E-state index is 11.8.